The van der Waals surface area contributed by atoms with Crippen LogP contribution in [0.5, 0.6) is 0 Å². The summed E-state index contributed by atoms with van der Waals surface area (Å²) >= 11 is 0. The highest BCUT2D eigenvalue weighted by Crippen LogP contribution is 2.36. The zero-order valence-electron chi connectivity index (χ0n) is 20.9. The number of benzene rings is 1. The molecule has 2 heteroatoms. The van der Waals surface area contributed by atoms with Crippen LogP contribution in [-0.4, -0.2) is 5.78 Å². The van der Waals surface area contributed by atoms with Crippen LogP contribution in [0.2, 0.25) is 0 Å². The summed E-state index contributed by atoms with van der Waals surface area (Å²) in [5, 5.41) is 0. The third kappa shape index (κ3) is 11.6. The molecule has 0 bridgehead atoms. The first-order valence-electron chi connectivity index (χ1n) is 14.0. The van der Waals surface area contributed by atoms with Gasteiger partial charge >= 0.3 is 0 Å². The topological polar surface area (TPSA) is 17.1 Å². The summed E-state index contributed by atoms with van der Waals surface area (Å²) < 4.78 is 13.1. The number of rotatable bonds is 18. The van der Waals surface area contributed by atoms with Crippen molar-refractivity contribution in [3.8, 4) is 0 Å². The summed E-state index contributed by atoms with van der Waals surface area (Å²) in [4.78, 5) is 12.6. The standard InChI is InChI=1S/C30H49FO/c1-2-3-4-5-6-7-8-9-10-11-12-13-14-15-16-17-30(32)28-20-18-26(19-21-28)27-22-24-29(31)25-23-27/h22-26,28H,2-21H2,1H3. The lowest BCUT2D eigenvalue weighted by Gasteiger charge is -2.28. The van der Waals surface area contributed by atoms with Gasteiger partial charge in [-0.05, 0) is 55.7 Å². The van der Waals surface area contributed by atoms with Gasteiger partial charge in [-0.15, -0.1) is 0 Å². The lowest BCUT2D eigenvalue weighted by Crippen LogP contribution is -2.21. The van der Waals surface area contributed by atoms with Gasteiger partial charge in [0.15, 0.2) is 0 Å². The fourth-order valence-corrected chi connectivity index (χ4v) is 5.36. The average Bonchev–Trinajstić information content (AvgIpc) is 2.82. The number of Topliss-reactive ketones (excluding diaryl/α,β-unsaturated/α-hetero) is 1. The van der Waals surface area contributed by atoms with Crippen LogP contribution in [-0.2, 0) is 4.79 Å². The minimum Gasteiger partial charge on any atom is -0.299 e. The Morgan fingerprint density at radius 3 is 1.59 bits per heavy atom. The maximum Gasteiger partial charge on any atom is 0.135 e. The van der Waals surface area contributed by atoms with Gasteiger partial charge in [0.05, 0.1) is 0 Å². The molecule has 1 saturated carbocycles. The Morgan fingerprint density at radius 2 is 1.12 bits per heavy atom. The minimum atomic E-state index is -0.166. The maximum absolute atomic E-state index is 13.1. The molecule has 1 fully saturated rings. The number of hydrogen-bond donors (Lipinski definition) is 0. The first-order valence-corrected chi connectivity index (χ1v) is 14.0. The second kappa shape index (κ2) is 17.3. The van der Waals surface area contributed by atoms with Gasteiger partial charge in [0.25, 0.3) is 0 Å². The maximum atomic E-state index is 13.1. The van der Waals surface area contributed by atoms with Gasteiger partial charge in [-0.3, -0.25) is 4.79 Å². The van der Waals surface area contributed by atoms with E-state index in [-0.39, 0.29) is 11.7 Å². The molecular weight excluding hydrogens is 395 g/mol. The molecule has 0 N–H and O–H groups in total. The van der Waals surface area contributed by atoms with Crippen LogP contribution in [0.15, 0.2) is 24.3 Å². The number of unbranched alkanes of at least 4 members (excludes halogenated alkanes) is 14. The van der Waals surface area contributed by atoms with Crippen molar-refractivity contribution < 1.29 is 9.18 Å². The predicted octanol–water partition coefficient (Wildman–Crippen LogP) is 9.93. The normalized spacial score (nSPS) is 18.7. The first kappa shape index (κ1) is 27.1. The summed E-state index contributed by atoms with van der Waals surface area (Å²) in [7, 11) is 0. The lowest BCUT2D eigenvalue weighted by molar-refractivity contribution is -0.124. The van der Waals surface area contributed by atoms with E-state index >= 15 is 0 Å². The van der Waals surface area contributed by atoms with E-state index in [9.17, 15) is 9.18 Å². The summed E-state index contributed by atoms with van der Waals surface area (Å²) in [5.74, 6) is 1.11. The van der Waals surface area contributed by atoms with Crippen LogP contribution < -0.4 is 0 Å². The molecule has 0 unspecified atom stereocenters. The first-order chi connectivity index (χ1) is 15.7. The van der Waals surface area contributed by atoms with Crippen LogP contribution in [0.3, 0.4) is 0 Å². The molecule has 1 aromatic carbocycles. The highest BCUT2D eigenvalue weighted by molar-refractivity contribution is 5.81. The molecule has 0 amide bonds. The molecule has 1 nitrogen and oxygen atoms in total. The monoisotopic (exact) mass is 444 g/mol. The Bertz CT molecular complexity index is 585. The highest BCUT2D eigenvalue weighted by Gasteiger charge is 2.26. The van der Waals surface area contributed by atoms with E-state index < -0.39 is 0 Å². The van der Waals surface area contributed by atoms with Gasteiger partial charge < -0.3 is 0 Å². The molecule has 1 aliphatic carbocycles. The van der Waals surface area contributed by atoms with Crippen LogP contribution >= 0.6 is 0 Å². The van der Waals surface area contributed by atoms with E-state index in [1.54, 1.807) is 12.1 Å². The Kier molecular flexibility index (Phi) is 14.6. The largest absolute Gasteiger partial charge is 0.299 e. The van der Waals surface area contributed by atoms with Gasteiger partial charge in [-0.2, -0.15) is 0 Å². The Hall–Kier alpha value is -1.18. The van der Waals surface area contributed by atoms with Crippen molar-refractivity contribution in [1.82, 2.24) is 0 Å². The van der Waals surface area contributed by atoms with Gasteiger partial charge in [-0.25, -0.2) is 4.39 Å². The van der Waals surface area contributed by atoms with Crippen LogP contribution in [0.1, 0.15) is 147 Å². The third-order valence-corrected chi connectivity index (χ3v) is 7.55. The van der Waals surface area contributed by atoms with Crippen molar-refractivity contribution in [3.63, 3.8) is 0 Å². The van der Waals surface area contributed by atoms with Crippen molar-refractivity contribution in [1.29, 1.82) is 0 Å². The zero-order valence-corrected chi connectivity index (χ0v) is 20.9. The van der Waals surface area contributed by atoms with E-state index in [0.717, 1.165) is 38.5 Å². The molecule has 182 valence electrons. The van der Waals surface area contributed by atoms with E-state index in [1.165, 1.54) is 95.5 Å². The van der Waals surface area contributed by atoms with E-state index in [1.807, 2.05) is 12.1 Å². The number of hydrogen-bond acceptors (Lipinski definition) is 1. The average molecular weight is 445 g/mol. The summed E-state index contributed by atoms with van der Waals surface area (Å²) in [6.07, 6.45) is 25.4. The van der Waals surface area contributed by atoms with Crippen LogP contribution in [0, 0.1) is 11.7 Å². The SMILES string of the molecule is CCCCCCCCCCCCCCCCCC(=O)C1CCC(c2ccc(F)cc2)CC1. The number of halogens is 1. The smallest absolute Gasteiger partial charge is 0.135 e. The van der Waals surface area contributed by atoms with Crippen molar-refractivity contribution in [2.75, 3.05) is 0 Å². The van der Waals surface area contributed by atoms with E-state index in [4.69, 9.17) is 0 Å². The second-order valence-electron chi connectivity index (χ2n) is 10.3. The number of ketones is 1. The van der Waals surface area contributed by atoms with Crippen molar-refractivity contribution in [3.05, 3.63) is 35.6 Å². The molecule has 0 saturated heterocycles. The molecule has 0 heterocycles. The van der Waals surface area contributed by atoms with Crippen LogP contribution in [0.4, 0.5) is 4.39 Å². The number of carbonyl (C=O) groups is 1. The fraction of sp³-hybridized carbons (Fsp3) is 0.767. The summed E-state index contributed by atoms with van der Waals surface area (Å²) in [5.41, 5.74) is 1.24. The molecule has 0 aromatic heterocycles. The summed E-state index contributed by atoms with van der Waals surface area (Å²) in [6, 6.07) is 6.95. The molecule has 0 aliphatic heterocycles. The molecular formula is C30H49FO. The molecule has 32 heavy (non-hydrogen) atoms. The van der Waals surface area contributed by atoms with E-state index in [2.05, 4.69) is 6.92 Å². The predicted molar refractivity (Wildman–Crippen MR) is 136 cm³/mol. The highest BCUT2D eigenvalue weighted by atomic mass is 19.1. The number of carbonyl (C=O) groups excluding carboxylic acids is 1. The Labute approximate surface area is 198 Å². The molecule has 0 radical (unpaired) electrons. The van der Waals surface area contributed by atoms with Crippen molar-refractivity contribution in [2.45, 2.75) is 141 Å². The van der Waals surface area contributed by atoms with E-state index in [0.29, 0.717) is 11.7 Å². The van der Waals surface area contributed by atoms with Gasteiger partial charge in [0.1, 0.15) is 11.6 Å². The molecule has 1 aromatic rings. The molecule has 0 spiro atoms. The van der Waals surface area contributed by atoms with Gasteiger partial charge in [0, 0.05) is 12.3 Å². The van der Waals surface area contributed by atoms with Crippen LogP contribution in [0.25, 0.3) is 0 Å². The second-order valence-corrected chi connectivity index (χ2v) is 10.3. The van der Waals surface area contributed by atoms with Crippen molar-refractivity contribution in [2.24, 2.45) is 5.92 Å². The lowest BCUT2D eigenvalue weighted by atomic mass is 9.76. The van der Waals surface area contributed by atoms with Gasteiger partial charge in [0.2, 0.25) is 0 Å². The quantitative estimate of drug-likeness (QED) is 0.206. The Balaban J connectivity index is 1.38. The van der Waals surface area contributed by atoms with Gasteiger partial charge in [-0.1, -0.05) is 109 Å². The molecule has 2 rings (SSSR count). The molecule has 0 atom stereocenters. The fourth-order valence-electron chi connectivity index (χ4n) is 5.36. The third-order valence-electron chi connectivity index (χ3n) is 7.55. The zero-order chi connectivity index (χ0) is 22.9. The summed E-state index contributed by atoms with van der Waals surface area (Å²) in [6.45, 7) is 2.28. The molecule has 1 aliphatic rings. The minimum absolute atomic E-state index is 0.166. The van der Waals surface area contributed by atoms with Crippen molar-refractivity contribution >= 4 is 5.78 Å². The Morgan fingerprint density at radius 1 is 0.688 bits per heavy atom.